The molecule has 0 aliphatic rings. The first-order valence-electron chi connectivity index (χ1n) is 11.3. The van der Waals surface area contributed by atoms with E-state index in [9.17, 15) is 19.2 Å². The quantitative estimate of drug-likeness (QED) is 0.216. The number of para-hydroxylation sites is 1. The number of rotatable bonds is 9. The summed E-state index contributed by atoms with van der Waals surface area (Å²) in [5.41, 5.74) is 1.68. The average Bonchev–Trinajstić information content (AvgIpc) is 3.43. The number of ether oxygens (including phenoxy) is 4. The number of esters is 4. The third-order valence-electron chi connectivity index (χ3n) is 4.53. The topological polar surface area (TPSA) is 118 Å². The van der Waals surface area contributed by atoms with E-state index in [1.807, 2.05) is 12.1 Å². The monoisotopic (exact) mass is 520 g/mol. The summed E-state index contributed by atoms with van der Waals surface area (Å²) in [6.07, 6.45) is -0.956. The summed E-state index contributed by atoms with van der Waals surface area (Å²) in [5.74, 6) is -3.01. The lowest BCUT2D eigenvalue weighted by atomic mass is 10.2. The predicted octanol–water partition coefficient (Wildman–Crippen LogP) is 5.06. The van der Waals surface area contributed by atoms with Crippen LogP contribution in [0.1, 0.15) is 45.0 Å². The van der Waals surface area contributed by atoms with Crippen molar-refractivity contribution in [2.75, 3.05) is 13.2 Å². The lowest BCUT2D eigenvalue weighted by Crippen LogP contribution is -2.32. The number of fused-ring (bicyclic) bond motifs is 2. The van der Waals surface area contributed by atoms with Gasteiger partial charge in [0.2, 0.25) is 0 Å². The summed E-state index contributed by atoms with van der Waals surface area (Å²) < 4.78 is 25.6. The molecule has 194 valence electrons. The Bertz CT molecular complexity index is 1170. The van der Waals surface area contributed by atoms with Crippen LogP contribution in [0.5, 0.6) is 5.75 Å². The zero-order chi connectivity index (χ0) is 26.8. The predicted molar refractivity (Wildman–Crippen MR) is 131 cm³/mol. The van der Waals surface area contributed by atoms with Gasteiger partial charge in [-0.2, -0.15) is 0 Å². The maximum Gasteiger partial charge on any atom is 0.342 e. The van der Waals surface area contributed by atoms with E-state index >= 15 is 0 Å². The Labute approximate surface area is 213 Å². The van der Waals surface area contributed by atoms with Gasteiger partial charge in [0.1, 0.15) is 35.7 Å². The first-order chi connectivity index (χ1) is 17.0. The summed E-state index contributed by atoms with van der Waals surface area (Å²) >= 11 is 5.64. The van der Waals surface area contributed by atoms with E-state index in [1.54, 1.807) is 45.9 Å². The number of hydrogen-bond acceptors (Lipinski definition) is 9. The van der Waals surface area contributed by atoms with Crippen LogP contribution in [0.3, 0.4) is 0 Å². The molecule has 0 N–H and O–H groups in total. The fourth-order valence-electron chi connectivity index (χ4n) is 2.64. The van der Waals surface area contributed by atoms with E-state index in [4.69, 9.17) is 35.0 Å². The Morgan fingerprint density at radius 2 is 1.53 bits per heavy atom. The molecule has 1 aromatic carbocycles. The van der Waals surface area contributed by atoms with Crippen molar-refractivity contribution in [1.82, 2.24) is 0 Å². The van der Waals surface area contributed by atoms with Gasteiger partial charge in [0.05, 0.1) is 16.9 Å². The number of halogens is 1. The van der Waals surface area contributed by atoms with Gasteiger partial charge >= 0.3 is 23.9 Å². The summed E-state index contributed by atoms with van der Waals surface area (Å²) in [7, 11) is 0. The fourth-order valence-corrected chi connectivity index (χ4v) is 2.85. The molecule has 0 aliphatic heterocycles. The third kappa shape index (κ3) is 8.88. The summed E-state index contributed by atoms with van der Waals surface area (Å²) in [6, 6.07) is 11.6. The van der Waals surface area contributed by atoms with Crippen LogP contribution < -0.4 is 4.74 Å². The van der Waals surface area contributed by atoms with Crippen molar-refractivity contribution in [3.8, 4) is 5.75 Å². The number of carbonyl (C=O) groups is 4. The molecule has 1 atom stereocenters. The van der Waals surface area contributed by atoms with Gasteiger partial charge in [0.15, 0.2) is 6.10 Å². The Kier molecular flexibility index (Phi) is 10.7. The van der Waals surface area contributed by atoms with Gasteiger partial charge in [-0.15, -0.1) is 0 Å². The van der Waals surface area contributed by atoms with Crippen molar-refractivity contribution in [1.29, 1.82) is 0 Å². The van der Waals surface area contributed by atoms with Crippen LogP contribution in [0, 0.1) is 11.8 Å². The van der Waals surface area contributed by atoms with Gasteiger partial charge in [-0.25, -0.2) is 4.79 Å². The molecule has 9 nitrogen and oxygen atoms in total. The molecule has 3 rings (SSSR count). The second-order valence-electron chi connectivity index (χ2n) is 8.38. The number of hydrogen-bond donors (Lipinski definition) is 0. The van der Waals surface area contributed by atoms with Crippen LogP contribution in [0.4, 0.5) is 0 Å². The molecule has 2 aromatic heterocycles. The number of furan rings is 2. The maximum absolute atomic E-state index is 12.4. The molecule has 3 aromatic rings. The van der Waals surface area contributed by atoms with E-state index in [-0.39, 0.29) is 30.4 Å². The highest BCUT2D eigenvalue weighted by atomic mass is 35.5. The van der Waals surface area contributed by atoms with Gasteiger partial charge in [-0.3, -0.25) is 14.4 Å². The van der Waals surface area contributed by atoms with Gasteiger partial charge in [0, 0.05) is 13.0 Å². The normalized spacial score (nSPS) is 11.6. The highest BCUT2D eigenvalue weighted by Gasteiger charge is 2.23. The second-order valence-corrected chi connectivity index (χ2v) is 8.79. The van der Waals surface area contributed by atoms with E-state index in [0.29, 0.717) is 5.02 Å². The minimum atomic E-state index is -0.956. The Hall–Kier alpha value is -3.59. The van der Waals surface area contributed by atoms with Crippen molar-refractivity contribution in [2.24, 2.45) is 11.8 Å². The van der Waals surface area contributed by atoms with E-state index in [2.05, 4.69) is 0 Å². The molecule has 0 aliphatic carbocycles. The molecule has 0 saturated heterocycles. The molecule has 0 saturated carbocycles. The number of benzene rings is 2. The van der Waals surface area contributed by atoms with Crippen molar-refractivity contribution in [3.05, 3.63) is 53.1 Å². The summed E-state index contributed by atoms with van der Waals surface area (Å²) in [5, 5.41) is 0.711. The third-order valence-corrected chi connectivity index (χ3v) is 4.82. The van der Waals surface area contributed by atoms with E-state index in [0.717, 1.165) is 11.2 Å². The van der Waals surface area contributed by atoms with Gasteiger partial charge in [-0.05, 0) is 24.3 Å². The van der Waals surface area contributed by atoms with Crippen molar-refractivity contribution >= 4 is 46.6 Å². The molecule has 0 amide bonds. The number of carbonyl (C=O) groups excluding carboxylic acids is 4. The minimum absolute atomic E-state index is 0.0470. The molecule has 36 heavy (non-hydrogen) atoms. The highest BCUT2D eigenvalue weighted by Crippen LogP contribution is 2.25. The smallest absolute Gasteiger partial charge is 0.342 e. The van der Waals surface area contributed by atoms with E-state index < -0.39 is 35.9 Å². The molecule has 2 heterocycles. The Morgan fingerprint density at radius 3 is 2.03 bits per heavy atom. The standard InChI is InChI=1S/C20H26O8.C6H3ClO/c1-12(2)18(22)25-10-15(28-19(23)13(3)4)11-26-20(24)16-8-6-7-9-17(16)27-14(5)21;7-5-3-4-1-2-6(5)8-4/h6-9,12-13,15H,10-11H2,1-5H3;1-3H. The SMILES string of the molecule is CC(=O)Oc1ccccc1C(=O)OCC(COC(=O)C(C)C)OC(=O)C(C)C.Clc1cc2ccc1o2. The first-order valence-corrected chi connectivity index (χ1v) is 11.6. The summed E-state index contributed by atoms with van der Waals surface area (Å²) in [4.78, 5) is 47.0. The van der Waals surface area contributed by atoms with Crippen molar-refractivity contribution < 1.29 is 42.5 Å². The molecule has 0 fully saturated rings. The minimum Gasteiger partial charge on any atom is -0.461 e. The second kappa shape index (κ2) is 13.5. The lowest BCUT2D eigenvalue weighted by molar-refractivity contribution is -0.165. The van der Waals surface area contributed by atoms with Crippen LogP contribution >= 0.6 is 11.6 Å². The van der Waals surface area contributed by atoms with Crippen LogP contribution in [-0.2, 0) is 28.6 Å². The van der Waals surface area contributed by atoms with Crippen molar-refractivity contribution in [3.63, 3.8) is 0 Å². The molecular weight excluding hydrogens is 492 g/mol. The van der Waals surface area contributed by atoms with Gasteiger partial charge < -0.3 is 23.4 Å². The molecule has 0 spiro atoms. The lowest BCUT2D eigenvalue weighted by Gasteiger charge is -2.20. The van der Waals surface area contributed by atoms with Gasteiger partial charge in [-0.1, -0.05) is 51.4 Å². The fraction of sp³-hybridized carbons (Fsp3) is 0.385. The molecule has 2 bridgehead atoms. The van der Waals surface area contributed by atoms with Crippen LogP contribution in [-0.4, -0.2) is 43.2 Å². The maximum atomic E-state index is 12.4. The Morgan fingerprint density at radius 1 is 0.889 bits per heavy atom. The van der Waals surface area contributed by atoms with Crippen LogP contribution in [0.2, 0.25) is 5.02 Å². The molecule has 1 unspecified atom stereocenters. The molecule has 10 heteroatoms. The van der Waals surface area contributed by atoms with Crippen molar-refractivity contribution in [2.45, 2.75) is 40.7 Å². The average molecular weight is 521 g/mol. The molecular formula is C26H29ClO9. The van der Waals surface area contributed by atoms with Crippen LogP contribution in [0.25, 0.3) is 11.2 Å². The Balaban J connectivity index is 0.000000471. The zero-order valence-corrected chi connectivity index (χ0v) is 21.5. The summed E-state index contributed by atoms with van der Waals surface area (Å²) in [6.45, 7) is 7.30. The highest BCUT2D eigenvalue weighted by molar-refractivity contribution is 6.34. The van der Waals surface area contributed by atoms with E-state index in [1.165, 1.54) is 19.1 Å². The van der Waals surface area contributed by atoms with Gasteiger partial charge in [0.25, 0.3) is 0 Å². The molecule has 0 radical (unpaired) electrons. The first kappa shape index (κ1) is 28.6. The van der Waals surface area contributed by atoms with Crippen LogP contribution in [0.15, 0.2) is 46.9 Å². The largest absolute Gasteiger partial charge is 0.461 e. The zero-order valence-electron chi connectivity index (χ0n) is 20.7.